The first kappa shape index (κ1) is 14.4. The minimum absolute atomic E-state index is 0.225. The summed E-state index contributed by atoms with van der Waals surface area (Å²) >= 11 is 0. The monoisotopic (exact) mass is 262 g/mol. The molecule has 1 atom stereocenters. The van der Waals surface area contributed by atoms with Gasteiger partial charge in [0.05, 0.1) is 13.7 Å². The number of methoxy groups -OCH3 is 1. The van der Waals surface area contributed by atoms with Gasteiger partial charge in [-0.1, -0.05) is 38.8 Å². The van der Waals surface area contributed by atoms with Crippen LogP contribution in [0.15, 0.2) is 18.2 Å². The van der Waals surface area contributed by atoms with Gasteiger partial charge in [-0.25, -0.2) is 0 Å². The highest BCUT2D eigenvalue weighted by molar-refractivity contribution is 5.41. The van der Waals surface area contributed by atoms with E-state index in [4.69, 9.17) is 4.74 Å². The predicted molar refractivity (Wildman–Crippen MR) is 78.9 cm³/mol. The van der Waals surface area contributed by atoms with Crippen molar-refractivity contribution in [2.75, 3.05) is 13.7 Å². The molecule has 1 fully saturated rings. The molecule has 106 valence electrons. The first-order chi connectivity index (χ1) is 9.17. The maximum absolute atomic E-state index is 9.83. The zero-order valence-electron chi connectivity index (χ0n) is 12.4. The highest BCUT2D eigenvalue weighted by Gasteiger charge is 2.28. The lowest BCUT2D eigenvalue weighted by atomic mass is 9.83. The zero-order valence-corrected chi connectivity index (χ0v) is 12.4. The maximum Gasteiger partial charge on any atom is 0.122 e. The van der Waals surface area contributed by atoms with Gasteiger partial charge in [-0.05, 0) is 36.3 Å². The lowest BCUT2D eigenvalue weighted by Gasteiger charge is -2.24. The number of rotatable bonds is 5. The van der Waals surface area contributed by atoms with Crippen LogP contribution in [-0.4, -0.2) is 18.8 Å². The molecule has 1 aliphatic rings. The quantitative estimate of drug-likeness (QED) is 0.866. The van der Waals surface area contributed by atoms with Crippen molar-refractivity contribution in [1.82, 2.24) is 0 Å². The highest BCUT2D eigenvalue weighted by atomic mass is 16.5. The number of benzene rings is 1. The van der Waals surface area contributed by atoms with Gasteiger partial charge in [-0.3, -0.25) is 0 Å². The minimum Gasteiger partial charge on any atom is -0.496 e. The van der Waals surface area contributed by atoms with E-state index in [2.05, 4.69) is 32.0 Å². The van der Waals surface area contributed by atoms with E-state index in [1.54, 1.807) is 7.11 Å². The molecule has 0 saturated heterocycles. The Morgan fingerprint density at radius 3 is 2.47 bits per heavy atom. The van der Waals surface area contributed by atoms with Crippen LogP contribution < -0.4 is 4.74 Å². The van der Waals surface area contributed by atoms with Crippen LogP contribution >= 0.6 is 0 Å². The molecular formula is C17H26O2. The fraction of sp³-hybridized carbons (Fsp3) is 0.647. The highest BCUT2D eigenvalue weighted by Crippen LogP contribution is 2.41. The fourth-order valence-corrected chi connectivity index (χ4v) is 3.26. The summed E-state index contributed by atoms with van der Waals surface area (Å²) in [6, 6.07) is 6.43. The predicted octanol–water partition coefficient (Wildman–Crippen LogP) is 4.08. The van der Waals surface area contributed by atoms with E-state index in [9.17, 15) is 5.11 Å². The van der Waals surface area contributed by atoms with E-state index < -0.39 is 0 Å². The normalized spacial score (nSPS) is 17.9. The Hall–Kier alpha value is -1.02. The summed E-state index contributed by atoms with van der Waals surface area (Å²) in [7, 11) is 1.72. The van der Waals surface area contributed by atoms with Crippen LogP contribution in [0.4, 0.5) is 0 Å². The van der Waals surface area contributed by atoms with Crippen LogP contribution in [0.3, 0.4) is 0 Å². The summed E-state index contributed by atoms with van der Waals surface area (Å²) in [6.45, 7) is 4.63. The number of hydrogen-bond acceptors (Lipinski definition) is 2. The third-order valence-electron chi connectivity index (χ3n) is 4.49. The Labute approximate surface area is 116 Å². The summed E-state index contributed by atoms with van der Waals surface area (Å²) in [5.74, 6) is 2.28. The van der Waals surface area contributed by atoms with E-state index in [1.807, 2.05) is 0 Å². The average molecular weight is 262 g/mol. The van der Waals surface area contributed by atoms with Crippen molar-refractivity contribution in [3.8, 4) is 5.75 Å². The van der Waals surface area contributed by atoms with Crippen molar-refractivity contribution in [1.29, 1.82) is 0 Å². The lowest BCUT2D eigenvalue weighted by Crippen LogP contribution is -2.15. The number of hydrogen-bond donors (Lipinski definition) is 1. The lowest BCUT2D eigenvalue weighted by molar-refractivity contribution is 0.222. The van der Waals surface area contributed by atoms with Crippen molar-refractivity contribution in [3.63, 3.8) is 0 Å². The Morgan fingerprint density at radius 2 is 1.95 bits per heavy atom. The minimum atomic E-state index is 0.225. The molecule has 0 spiro atoms. The van der Waals surface area contributed by atoms with E-state index in [1.165, 1.54) is 36.8 Å². The van der Waals surface area contributed by atoms with Gasteiger partial charge in [0, 0.05) is 11.5 Å². The molecule has 0 heterocycles. The molecule has 0 aliphatic heterocycles. The topological polar surface area (TPSA) is 29.5 Å². The Balaban J connectivity index is 2.35. The van der Waals surface area contributed by atoms with Crippen molar-refractivity contribution in [2.24, 2.45) is 5.92 Å². The molecular weight excluding hydrogens is 236 g/mol. The molecule has 2 heteroatoms. The Morgan fingerprint density at radius 1 is 1.26 bits per heavy atom. The standard InChI is InChI=1S/C17H26O2/c1-12(2)14-8-9-17(19-3)15(10-14)16(11-18)13-6-4-5-7-13/h8-10,12-13,16,18H,4-7,11H2,1-3H3. The molecule has 1 saturated carbocycles. The molecule has 1 unspecified atom stereocenters. The largest absolute Gasteiger partial charge is 0.496 e. The van der Waals surface area contributed by atoms with Crippen molar-refractivity contribution >= 4 is 0 Å². The summed E-state index contributed by atoms with van der Waals surface area (Å²) in [5, 5.41) is 9.83. The van der Waals surface area contributed by atoms with Crippen LogP contribution in [0.5, 0.6) is 5.75 Å². The van der Waals surface area contributed by atoms with Gasteiger partial charge in [0.2, 0.25) is 0 Å². The van der Waals surface area contributed by atoms with E-state index in [0.717, 1.165) is 5.75 Å². The molecule has 0 amide bonds. The van der Waals surface area contributed by atoms with Gasteiger partial charge in [-0.2, -0.15) is 0 Å². The maximum atomic E-state index is 9.83. The van der Waals surface area contributed by atoms with Crippen molar-refractivity contribution < 1.29 is 9.84 Å². The smallest absolute Gasteiger partial charge is 0.122 e. The molecule has 2 rings (SSSR count). The second kappa shape index (κ2) is 6.42. The first-order valence-electron chi connectivity index (χ1n) is 7.46. The Bertz CT molecular complexity index is 406. The molecule has 0 radical (unpaired) electrons. The van der Waals surface area contributed by atoms with Gasteiger partial charge < -0.3 is 9.84 Å². The van der Waals surface area contributed by atoms with Crippen molar-refractivity contribution in [3.05, 3.63) is 29.3 Å². The van der Waals surface area contributed by atoms with E-state index >= 15 is 0 Å². The average Bonchev–Trinajstić information content (AvgIpc) is 2.93. The molecule has 2 nitrogen and oxygen atoms in total. The second-order valence-corrected chi connectivity index (χ2v) is 5.99. The van der Waals surface area contributed by atoms with E-state index in [-0.39, 0.29) is 12.5 Å². The van der Waals surface area contributed by atoms with Gasteiger partial charge >= 0.3 is 0 Å². The third-order valence-corrected chi connectivity index (χ3v) is 4.49. The summed E-state index contributed by atoms with van der Waals surface area (Å²) in [4.78, 5) is 0. The number of aliphatic hydroxyl groups excluding tert-OH is 1. The van der Waals surface area contributed by atoms with Gasteiger partial charge in [0.15, 0.2) is 0 Å². The summed E-state index contributed by atoms with van der Waals surface area (Å²) in [6.07, 6.45) is 5.07. The van der Waals surface area contributed by atoms with Gasteiger partial charge in [0.1, 0.15) is 5.75 Å². The Kier molecular flexibility index (Phi) is 4.87. The van der Waals surface area contributed by atoms with Gasteiger partial charge in [-0.15, -0.1) is 0 Å². The first-order valence-corrected chi connectivity index (χ1v) is 7.46. The molecule has 0 bridgehead atoms. The molecule has 1 aromatic rings. The fourth-order valence-electron chi connectivity index (χ4n) is 3.26. The summed E-state index contributed by atoms with van der Waals surface area (Å²) in [5.41, 5.74) is 2.52. The molecule has 19 heavy (non-hydrogen) atoms. The number of ether oxygens (including phenoxy) is 1. The molecule has 0 aromatic heterocycles. The van der Waals surface area contributed by atoms with Crippen molar-refractivity contribution in [2.45, 2.75) is 51.4 Å². The zero-order chi connectivity index (χ0) is 13.8. The van der Waals surface area contributed by atoms with Crippen LogP contribution in [-0.2, 0) is 0 Å². The van der Waals surface area contributed by atoms with Crippen LogP contribution in [0.1, 0.15) is 62.5 Å². The molecule has 1 aliphatic carbocycles. The van der Waals surface area contributed by atoms with Crippen LogP contribution in [0.2, 0.25) is 0 Å². The van der Waals surface area contributed by atoms with E-state index in [0.29, 0.717) is 11.8 Å². The summed E-state index contributed by atoms with van der Waals surface area (Å²) < 4.78 is 5.51. The third kappa shape index (κ3) is 3.11. The van der Waals surface area contributed by atoms with Crippen LogP contribution in [0, 0.1) is 5.92 Å². The number of aliphatic hydroxyl groups is 1. The van der Waals surface area contributed by atoms with Gasteiger partial charge in [0.25, 0.3) is 0 Å². The molecule has 1 aromatic carbocycles. The SMILES string of the molecule is COc1ccc(C(C)C)cc1C(CO)C1CCCC1. The van der Waals surface area contributed by atoms with Crippen LogP contribution in [0.25, 0.3) is 0 Å². The second-order valence-electron chi connectivity index (χ2n) is 5.99. The molecule has 1 N–H and O–H groups in total.